The molecule has 0 spiro atoms. The standard InChI is InChI=1S/C16H18F3N3OS2/c1-3-6-24-15-11-10(13(25-15)14(23)20-2)5-4-9-7-21-22(12(9)11)8-16(17,18)19/h7H,3-6,8H2,1-2H3,(H,20,23). The van der Waals surface area contributed by atoms with Crippen molar-refractivity contribution in [1.82, 2.24) is 15.1 Å². The molecule has 25 heavy (non-hydrogen) atoms. The van der Waals surface area contributed by atoms with E-state index in [0.29, 0.717) is 23.4 Å². The number of alkyl halides is 3. The zero-order valence-corrected chi connectivity index (χ0v) is 15.5. The van der Waals surface area contributed by atoms with Crippen LogP contribution in [0.2, 0.25) is 0 Å². The zero-order chi connectivity index (χ0) is 18.2. The monoisotopic (exact) mass is 389 g/mol. The van der Waals surface area contributed by atoms with E-state index in [9.17, 15) is 18.0 Å². The van der Waals surface area contributed by atoms with E-state index in [1.165, 1.54) is 17.5 Å². The number of thioether (sulfide) groups is 1. The summed E-state index contributed by atoms with van der Waals surface area (Å²) < 4.78 is 40.7. The lowest BCUT2D eigenvalue weighted by atomic mass is 9.92. The molecule has 1 aliphatic rings. The Morgan fingerprint density at radius 3 is 2.84 bits per heavy atom. The highest BCUT2D eigenvalue weighted by Crippen LogP contribution is 2.47. The highest BCUT2D eigenvalue weighted by atomic mass is 32.2. The number of carbonyl (C=O) groups is 1. The van der Waals surface area contributed by atoms with Crippen LogP contribution in [0.1, 0.15) is 34.1 Å². The molecule has 3 rings (SSSR count). The predicted molar refractivity (Wildman–Crippen MR) is 93.4 cm³/mol. The zero-order valence-electron chi connectivity index (χ0n) is 13.9. The number of nitrogens with one attached hydrogen (secondary N) is 1. The maximum Gasteiger partial charge on any atom is 0.408 e. The number of rotatable bonds is 5. The van der Waals surface area contributed by atoms with Gasteiger partial charge in [-0.2, -0.15) is 18.3 Å². The van der Waals surface area contributed by atoms with Gasteiger partial charge in [0.05, 0.1) is 21.0 Å². The van der Waals surface area contributed by atoms with Gasteiger partial charge in [0.1, 0.15) is 6.54 Å². The molecule has 0 aromatic carbocycles. The third kappa shape index (κ3) is 3.57. The molecule has 1 aliphatic carbocycles. The van der Waals surface area contributed by atoms with E-state index in [1.54, 1.807) is 18.8 Å². The van der Waals surface area contributed by atoms with Crippen molar-refractivity contribution in [2.75, 3.05) is 12.8 Å². The van der Waals surface area contributed by atoms with E-state index in [4.69, 9.17) is 0 Å². The summed E-state index contributed by atoms with van der Waals surface area (Å²) in [6.07, 6.45) is -0.630. The Bertz CT molecular complexity index is 795. The van der Waals surface area contributed by atoms with Gasteiger partial charge >= 0.3 is 6.18 Å². The number of hydrogen-bond donors (Lipinski definition) is 1. The fraction of sp³-hybridized carbons (Fsp3) is 0.500. The van der Waals surface area contributed by atoms with E-state index < -0.39 is 12.7 Å². The first-order chi connectivity index (χ1) is 11.9. The van der Waals surface area contributed by atoms with Crippen molar-refractivity contribution in [3.63, 3.8) is 0 Å². The summed E-state index contributed by atoms with van der Waals surface area (Å²) in [5, 5.41) is 6.60. The molecule has 0 saturated heterocycles. The van der Waals surface area contributed by atoms with Crippen molar-refractivity contribution >= 4 is 29.0 Å². The number of thiophene rings is 1. The Kier molecular flexibility index (Phi) is 5.15. The largest absolute Gasteiger partial charge is 0.408 e. The van der Waals surface area contributed by atoms with Gasteiger partial charge < -0.3 is 5.32 Å². The summed E-state index contributed by atoms with van der Waals surface area (Å²) in [4.78, 5) is 12.8. The Hall–Kier alpha value is -1.48. The molecule has 1 amide bonds. The van der Waals surface area contributed by atoms with Crippen molar-refractivity contribution in [2.45, 2.75) is 43.1 Å². The molecule has 0 fully saturated rings. The van der Waals surface area contributed by atoms with Crippen LogP contribution in [0.5, 0.6) is 0 Å². The lowest BCUT2D eigenvalue weighted by molar-refractivity contribution is -0.142. The number of fused-ring (bicyclic) bond motifs is 3. The Labute approximate surface area is 151 Å². The third-order valence-electron chi connectivity index (χ3n) is 3.97. The van der Waals surface area contributed by atoms with Crippen LogP contribution in [-0.2, 0) is 19.4 Å². The molecule has 0 radical (unpaired) electrons. The number of hydrogen-bond acceptors (Lipinski definition) is 4. The Balaban J connectivity index is 2.15. The van der Waals surface area contributed by atoms with Crippen LogP contribution in [0.15, 0.2) is 10.4 Å². The first-order valence-electron chi connectivity index (χ1n) is 7.98. The van der Waals surface area contributed by atoms with Gasteiger partial charge in [-0.05, 0) is 36.1 Å². The van der Waals surface area contributed by atoms with Crippen LogP contribution in [0.4, 0.5) is 13.2 Å². The van der Waals surface area contributed by atoms with Crippen molar-refractivity contribution < 1.29 is 18.0 Å². The summed E-state index contributed by atoms with van der Waals surface area (Å²) >= 11 is 2.96. The summed E-state index contributed by atoms with van der Waals surface area (Å²) in [7, 11) is 1.56. The van der Waals surface area contributed by atoms with E-state index >= 15 is 0 Å². The molecule has 2 aromatic heterocycles. The first kappa shape index (κ1) is 18.3. The fourth-order valence-corrected chi connectivity index (χ4v) is 5.48. The SMILES string of the molecule is CCCSc1sc(C(=O)NC)c2c1-c1c(cnn1CC(F)(F)F)CC2. The number of amides is 1. The molecular formula is C16H18F3N3OS2. The molecule has 9 heteroatoms. The molecule has 0 atom stereocenters. The molecule has 0 aliphatic heterocycles. The molecule has 4 nitrogen and oxygen atoms in total. The van der Waals surface area contributed by atoms with Crippen molar-refractivity contribution in [2.24, 2.45) is 0 Å². The van der Waals surface area contributed by atoms with E-state index in [-0.39, 0.29) is 5.91 Å². The smallest absolute Gasteiger partial charge is 0.354 e. The van der Waals surface area contributed by atoms with Crippen LogP contribution in [0.25, 0.3) is 11.3 Å². The van der Waals surface area contributed by atoms with Gasteiger partial charge in [0.2, 0.25) is 0 Å². The van der Waals surface area contributed by atoms with E-state index in [2.05, 4.69) is 10.4 Å². The predicted octanol–water partition coefficient (Wildman–Crippen LogP) is 4.13. The molecular weight excluding hydrogens is 371 g/mol. The normalized spacial score (nSPS) is 13.5. The molecule has 1 N–H and O–H groups in total. The molecule has 0 bridgehead atoms. The summed E-state index contributed by atoms with van der Waals surface area (Å²) in [5.41, 5.74) is 2.95. The minimum Gasteiger partial charge on any atom is -0.354 e. The molecule has 136 valence electrons. The lowest BCUT2D eigenvalue weighted by Gasteiger charge is -2.18. The molecule has 2 aromatic rings. The van der Waals surface area contributed by atoms with Gasteiger partial charge in [0.25, 0.3) is 5.91 Å². The number of aryl methyl sites for hydroxylation is 1. The van der Waals surface area contributed by atoms with Crippen LogP contribution >= 0.6 is 23.1 Å². The maximum atomic E-state index is 12.9. The quantitative estimate of drug-likeness (QED) is 0.782. The van der Waals surface area contributed by atoms with Gasteiger partial charge in [-0.1, -0.05) is 6.92 Å². The second-order valence-corrected chi connectivity index (χ2v) is 8.18. The van der Waals surface area contributed by atoms with Gasteiger partial charge in [-0.3, -0.25) is 9.48 Å². The average molecular weight is 389 g/mol. The Morgan fingerprint density at radius 2 is 2.20 bits per heavy atom. The third-order valence-corrected chi connectivity index (χ3v) is 6.68. The maximum absolute atomic E-state index is 12.9. The second kappa shape index (κ2) is 7.03. The summed E-state index contributed by atoms with van der Waals surface area (Å²) in [6, 6.07) is 0. The van der Waals surface area contributed by atoms with Crippen molar-refractivity contribution in [1.29, 1.82) is 0 Å². The van der Waals surface area contributed by atoms with Gasteiger partial charge in [0.15, 0.2) is 0 Å². The minimum absolute atomic E-state index is 0.185. The first-order valence-corrected chi connectivity index (χ1v) is 9.78. The van der Waals surface area contributed by atoms with Crippen molar-refractivity contribution in [3.8, 4) is 11.3 Å². The van der Waals surface area contributed by atoms with Crippen LogP contribution in [0, 0.1) is 0 Å². The van der Waals surface area contributed by atoms with E-state index in [0.717, 1.165) is 37.8 Å². The Morgan fingerprint density at radius 1 is 1.44 bits per heavy atom. The van der Waals surface area contributed by atoms with Crippen LogP contribution < -0.4 is 5.32 Å². The molecule has 2 heterocycles. The number of carbonyl (C=O) groups excluding carboxylic acids is 1. The van der Waals surface area contributed by atoms with Gasteiger partial charge in [-0.15, -0.1) is 23.1 Å². The average Bonchev–Trinajstić information content (AvgIpc) is 3.12. The summed E-state index contributed by atoms with van der Waals surface area (Å²) in [6.45, 7) is 0.927. The number of halogens is 3. The lowest BCUT2D eigenvalue weighted by Crippen LogP contribution is -2.21. The number of aromatic nitrogens is 2. The fourth-order valence-electron chi connectivity index (χ4n) is 2.96. The second-order valence-electron chi connectivity index (χ2n) is 5.79. The summed E-state index contributed by atoms with van der Waals surface area (Å²) in [5.74, 6) is 0.665. The molecule has 0 unspecified atom stereocenters. The highest BCUT2D eigenvalue weighted by molar-refractivity contribution is 8.01. The van der Waals surface area contributed by atoms with Crippen LogP contribution in [-0.4, -0.2) is 34.7 Å². The van der Waals surface area contributed by atoms with E-state index in [1.807, 2.05) is 6.92 Å². The molecule has 0 saturated carbocycles. The van der Waals surface area contributed by atoms with Crippen molar-refractivity contribution in [3.05, 3.63) is 22.2 Å². The highest BCUT2D eigenvalue weighted by Gasteiger charge is 2.35. The minimum atomic E-state index is -4.34. The topological polar surface area (TPSA) is 46.9 Å². The number of nitrogens with zero attached hydrogens (tertiary/aromatic N) is 2. The van der Waals surface area contributed by atoms with Crippen LogP contribution in [0.3, 0.4) is 0 Å². The van der Waals surface area contributed by atoms with Gasteiger partial charge in [-0.25, -0.2) is 0 Å². The van der Waals surface area contributed by atoms with Gasteiger partial charge in [0, 0.05) is 12.6 Å².